The predicted octanol–water partition coefficient (Wildman–Crippen LogP) is 5.11. The van der Waals surface area contributed by atoms with Crippen LogP contribution in [-0.2, 0) is 11.4 Å². The van der Waals surface area contributed by atoms with E-state index in [1.54, 1.807) is 12.2 Å². The van der Waals surface area contributed by atoms with Gasteiger partial charge in [0, 0.05) is 11.1 Å². The minimum absolute atomic E-state index is 0.265. The number of nitrogens with one attached hydrogen (secondary N) is 1. The summed E-state index contributed by atoms with van der Waals surface area (Å²) < 4.78 is 11.8. The molecule has 150 valence electrons. The Morgan fingerprint density at radius 1 is 1.10 bits per heavy atom. The average molecular weight is 418 g/mol. The number of carbonyl (C=O) groups is 2. The Morgan fingerprint density at radius 3 is 2.63 bits per heavy atom. The van der Waals surface area contributed by atoms with E-state index in [1.807, 2.05) is 67.6 Å². The van der Waals surface area contributed by atoms with Gasteiger partial charge in [-0.25, -0.2) is 4.98 Å². The third-order valence-corrected chi connectivity index (χ3v) is 5.19. The second-order valence-electron chi connectivity index (χ2n) is 6.45. The first kappa shape index (κ1) is 19.7. The average Bonchev–Trinajstić information content (AvgIpc) is 3.29. The number of aryl methyl sites for hydroxylation is 1. The van der Waals surface area contributed by atoms with E-state index in [-0.39, 0.29) is 17.8 Å². The summed E-state index contributed by atoms with van der Waals surface area (Å²) in [6, 6.07) is 17.3. The summed E-state index contributed by atoms with van der Waals surface area (Å²) >= 11 is 0.883. The lowest BCUT2D eigenvalue weighted by molar-refractivity contribution is -0.115. The molecular formula is C23H18N2O4S. The number of carbonyl (C=O) groups excluding carboxylic acids is 2. The molecule has 1 N–H and O–H groups in total. The Balaban J connectivity index is 1.47. The molecule has 7 heteroatoms. The first-order valence-corrected chi connectivity index (χ1v) is 10.1. The molecule has 6 nitrogen and oxygen atoms in total. The summed E-state index contributed by atoms with van der Waals surface area (Å²) in [6.45, 7) is 2.13. The van der Waals surface area contributed by atoms with Crippen LogP contribution in [0.15, 0.2) is 76.1 Å². The summed E-state index contributed by atoms with van der Waals surface area (Å²) in [5.74, 6) is 1.57. The molecule has 4 rings (SSSR count). The van der Waals surface area contributed by atoms with Gasteiger partial charge in [0.05, 0.1) is 4.91 Å². The zero-order chi connectivity index (χ0) is 20.9. The second-order valence-corrected chi connectivity index (χ2v) is 7.46. The van der Waals surface area contributed by atoms with Gasteiger partial charge in [0.2, 0.25) is 5.89 Å². The number of rotatable bonds is 6. The monoisotopic (exact) mass is 418 g/mol. The van der Waals surface area contributed by atoms with E-state index in [0.29, 0.717) is 22.3 Å². The maximum Gasteiger partial charge on any atom is 0.290 e. The van der Waals surface area contributed by atoms with Crippen LogP contribution in [0.3, 0.4) is 0 Å². The van der Waals surface area contributed by atoms with Gasteiger partial charge in [0.15, 0.2) is 0 Å². The SMILES string of the molecule is Cc1oc(-c2ccccc2)nc1COc1ccccc1C=CC=C1SC(=O)NC1=O. The van der Waals surface area contributed by atoms with Gasteiger partial charge >= 0.3 is 0 Å². The van der Waals surface area contributed by atoms with Gasteiger partial charge in [-0.3, -0.25) is 14.9 Å². The number of oxazole rings is 1. The molecular weight excluding hydrogens is 400 g/mol. The van der Waals surface area contributed by atoms with Crippen molar-refractivity contribution in [2.45, 2.75) is 13.5 Å². The Morgan fingerprint density at radius 2 is 1.87 bits per heavy atom. The lowest BCUT2D eigenvalue weighted by Crippen LogP contribution is -2.17. The Bertz CT molecular complexity index is 1150. The number of allylic oxidation sites excluding steroid dienone is 2. The number of amides is 2. The highest BCUT2D eigenvalue weighted by atomic mass is 32.2. The largest absolute Gasteiger partial charge is 0.487 e. The van der Waals surface area contributed by atoms with Gasteiger partial charge in [-0.2, -0.15) is 0 Å². The zero-order valence-electron chi connectivity index (χ0n) is 16.1. The Labute approximate surface area is 177 Å². The highest BCUT2D eigenvalue weighted by Gasteiger charge is 2.24. The van der Waals surface area contributed by atoms with E-state index in [0.717, 1.165) is 28.6 Å². The molecule has 0 unspecified atom stereocenters. The minimum Gasteiger partial charge on any atom is -0.487 e. The van der Waals surface area contributed by atoms with Crippen LogP contribution in [0, 0.1) is 6.92 Å². The van der Waals surface area contributed by atoms with Crippen LogP contribution in [-0.4, -0.2) is 16.1 Å². The van der Waals surface area contributed by atoms with Crippen LogP contribution in [0.2, 0.25) is 0 Å². The summed E-state index contributed by atoms with van der Waals surface area (Å²) in [5, 5.41) is 1.87. The van der Waals surface area contributed by atoms with Crippen LogP contribution in [0.4, 0.5) is 4.79 Å². The van der Waals surface area contributed by atoms with Crippen LogP contribution in [0.1, 0.15) is 17.0 Å². The van der Waals surface area contributed by atoms with E-state index in [2.05, 4.69) is 10.3 Å². The molecule has 30 heavy (non-hydrogen) atoms. The lowest BCUT2D eigenvalue weighted by Gasteiger charge is -2.07. The quantitative estimate of drug-likeness (QED) is 0.560. The number of nitrogens with zero attached hydrogens (tertiary/aromatic N) is 1. The summed E-state index contributed by atoms with van der Waals surface area (Å²) in [6.07, 6.45) is 5.15. The molecule has 2 aromatic carbocycles. The van der Waals surface area contributed by atoms with Crippen molar-refractivity contribution in [3.63, 3.8) is 0 Å². The number of benzene rings is 2. The molecule has 0 aliphatic carbocycles. The van der Waals surface area contributed by atoms with Gasteiger partial charge in [0.25, 0.3) is 11.1 Å². The zero-order valence-corrected chi connectivity index (χ0v) is 16.9. The third kappa shape index (κ3) is 4.52. The van der Waals surface area contributed by atoms with E-state index in [4.69, 9.17) is 9.15 Å². The first-order chi connectivity index (χ1) is 14.6. The Hall–Kier alpha value is -3.58. The van der Waals surface area contributed by atoms with Crippen molar-refractivity contribution in [2.24, 2.45) is 0 Å². The number of ether oxygens (including phenoxy) is 1. The van der Waals surface area contributed by atoms with Crippen molar-refractivity contribution in [3.8, 4) is 17.2 Å². The number of imide groups is 1. The highest BCUT2D eigenvalue weighted by molar-refractivity contribution is 8.18. The van der Waals surface area contributed by atoms with Crippen LogP contribution in [0.25, 0.3) is 17.5 Å². The molecule has 0 bridgehead atoms. The van der Waals surface area contributed by atoms with E-state index in [9.17, 15) is 9.59 Å². The van der Waals surface area contributed by atoms with Gasteiger partial charge in [-0.15, -0.1) is 0 Å². The van der Waals surface area contributed by atoms with Crippen LogP contribution in [0.5, 0.6) is 5.75 Å². The van der Waals surface area contributed by atoms with Crippen LogP contribution >= 0.6 is 11.8 Å². The molecule has 0 spiro atoms. The fourth-order valence-electron chi connectivity index (χ4n) is 2.84. The molecule has 1 saturated heterocycles. The van der Waals surface area contributed by atoms with Gasteiger partial charge in [-0.1, -0.05) is 48.6 Å². The minimum atomic E-state index is -0.380. The fraction of sp³-hybridized carbons (Fsp3) is 0.0870. The van der Waals surface area contributed by atoms with Crippen molar-refractivity contribution in [3.05, 3.63) is 88.7 Å². The predicted molar refractivity (Wildman–Crippen MR) is 116 cm³/mol. The first-order valence-electron chi connectivity index (χ1n) is 9.25. The summed E-state index contributed by atoms with van der Waals surface area (Å²) in [4.78, 5) is 27.7. The number of thioether (sulfide) groups is 1. The van der Waals surface area contributed by atoms with Gasteiger partial charge in [-0.05, 0) is 43.0 Å². The summed E-state index contributed by atoms with van der Waals surface area (Å²) in [5.41, 5.74) is 2.48. The van der Waals surface area contributed by atoms with Crippen LogP contribution < -0.4 is 10.1 Å². The molecule has 1 aliphatic rings. The lowest BCUT2D eigenvalue weighted by atomic mass is 10.2. The molecule has 0 saturated carbocycles. The van der Waals surface area contributed by atoms with Crippen molar-refractivity contribution in [2.75, 3.05) is 0 Å². The summed E-state index contributed by atoms with van der Waals surface area (Å²) in [7, 11) is 0. The van der Waals surface area contributed by atoms with Crippen molar-refractivity contribution < 1.29 is 18.7 Å². The molecule has 1 aromatic heterocycles. The molecule has 0 radical (unpaired) electrons. The van der Waals surface area contributed by atoms with Crippen molar-refractivity contribution >= 4 is 29.0 Å². The topological polar surface area (TPSA) is 81.4 Å². The Kier molecular flexibility index (Phi) is 5.81. The van der Waals surface area contributed by atoms with Gasteiger partial charge in [0.1, 0.15) is 23.8 Å². The number of para-hydroxylation sites is 1. The maximum absolute atomic E-state index is 11.6. The van der Waals surface area contributed by atoms with Gasteiger partial charge < -0.3 is 9.15 Å². The van der Waals surface area contributed by atoms with E-state index >= 15 is 0 Å². The van der Waals surface area contributed by atoms with E-state index < -0.39 is 0 Å². The second kappa shape index (κ2) is 8.84. The number of hydrogen-bond donors (Lipinski definition) is 1. The highest BCUT2D eigenvalue weighted by Crippen LogP contribution is 2.26. The van der Waals surface area contributed by atoms with E-state index in [1.165, 1.54) is 0 Å². The smallest absolute Gasteiger partial charge is 0.290 e. The molecule has 2 heterocycles. The molecule has 1 aliphatic heterocycles. The molecule has 0 atom stereocenters. The fourth-order valence-corrected chi connectivity index (χ4v) is 3.47. The molecule has 2 amide bonds. The number of hydrogen-bond acceptors (Lipinski definition) is 6. The molecule has 1 fully saturated rings. The maximum atomic E-state index is 11.6. The van der Waals surface area contributed by atoms with Crippen molar-refractivity contribution in [1.82, 2.24) is 10.3 Å². The molecule has 3 aromatic rings. The van der Waals surface area contributed by atoms with Crippen molar-refractivity contribution in [1.29, 1.82) is 0 Å². The standard InChI is InChI=1S/C23H18N2O4S/c1-15-18(24-22(29-15)17-9-3-2-4-10-17)14-28-19-12-6-5-8-16(19)11-7-13-20-21(26)25-23(27)30-20/h2-13H,14H2,1H3,(H,25,26,27). The number of aromatic nitrogens is 1. The normalized spacial score (nSPS) is 15.2. The third-order valence-electron chi connectivity index (χ3n) is 4.36.